The summed E-state index contributed by atoms with van der Waals surface area (Å²) in [4.78, 5) is 7.97. The number of pyridine rings is 1. The van der Waals surface area contributed by atoms with Crippen LogP contribution in [0.1, 0.15) is 62.3 Å². The van der Waals surface area contributed by atoms with Gasteiger partial charge in [0.1, 0.15) is 10.8 Å². The zero-order valence-electron chi connectivity index (χ0n) is 12.9. The smallest absolute Gasteiger partial charge is 0.139 e. The third kappa shape index (κ3) is 2.91. The molecular weight excluding hydrogens is 278 g/mol. The first-order chi connectivity index (χ1) is 10.2. The van der Waals surface area contributed by atoms with Gasteiger partial charge in [-0.15, -0.1) is 0 Å². The highest BCUT2D eigenvalue weighted by Gasteiger charge is 2.27. The van der Waals surface area contributed by atoms with Crippen LogP contribution in [0.3, 0.4) is 0 Å². The Morgan fingerprint density at radius 2 is 2.24 bits per heavy atom. The van der Waals surface area contributed by atoms with E-state index in [1.165, 1.54) is 49.8 Å². The summed E-state index contributed by atoms with van der Waals surface area (Å²) in [7, 11) is 0. The van der Waals surface area contributed by atoms with Gasteiger partial charge in [0.2, 0.25) is 0 Å². The molecule has 1 aromatic rings. The molecule has 2 N–H and O–H groups in total. The first-order valence-electron chi connectivity index (χ1n) is 8.30. The van der Waals surface area contributed by atoms with Crippen LogP contribution in [0.2, 0.25) is 0 Å². The Balaban J connectivity index is 2.00. The molecule has 3 rings (SSSR count). The van der Waals surface area contributed by atoms with Crippen LogP contribution in [0.4, 0.5) is 5.82 Å². The van der Waals surface area contributed by atoms with Crippen molar-refractivity contribution >= 4 is 23.0 Å². The maximum atomic E-state index is 6.00. The molecule has 0 radical (unpaired) electrons. The fourth-order valence-electron chi connectivity index (χ4n) is 3.77. The number of aryl methyl sites for hydroxylation is 2. The number of hydrogen-bond donors (Lipinski definition) is 1. The van der Waals surface area contributed by atoms with E-state index in [1.807, 2.05) is 0 Å². The molecule has 3 nitrogen and oxygen atoms in total. The number of anilines is 1. The number of hydrogen-bond acceptors (Lipinski definition) is 3. The molecule has 0 bridgehead atoms. The third-order valence-corrected chi connectivity index (χ3v) is 5.04. The topological polar surface area (TPSA) is 42.2 Å². The number of nitrogens with zero attached hydrogens (tertiary/aromatic N) is 2. The average Bonchev–Trinajstić information content (AvgIpc) is 2.94. The number of piperidine rings is 1. The van der Waals surface area contributed by atoms with Gasteiger partial charge < -0.3 is 10.6 Å². The molecule has 1 saturated heterocycles. The summed E-state index contributed by atoms with van der Waals surface area (Å²) in [6.45, 7) is 3.35. The molecule has 0 aromatic carbocycles. The van der Waals surface area contributed by atoms with E-state index in [-0.39, 0.29) is 0 Å². The lowest BCUT2D eigenvalue weighted by Gasteiger charge is -2.38. The lowest BCUT2D eigenvalue weighted by molar-refractivity contribution is 0.431. The van der Waals surface area contributed by atoms with Gasteiger partial charge in [-0.3, -0.25) is 0 Å². The molecule has 1 aliphatic heterocycles. The molecule has 0 amide bonds. The van der Waals surface area contributed by atoms with Crippen molar-refractivity contribution < 1.29 is 0 Å². The number of nitrogens with two attached hydrogens (primary N) is 1. The molecule has 114 valence electrons. The van der Waals surface area contributed by atoms with Crippen LogP contribution >= 0.6 is 12.2 Å². The highest BCUT2D eigenvalue weighted by molar-refractivity contribution is 7.80. The third-order valence-electron chi connectivity index (χ3n) is 4.82. The maximum absolute atomic E-state index is 6.00. The molecule has 2 aliphatic rings. The van der Waals surface area contributed by atoms with Crippen molar-refractivity contribution in [1.82, 2.24) is 4.98 Å². The lowest BCUT2D eigenvalue weighted by atomic mass is 9.97. The van der Waals surface area contributed by atoms with Gasteiger partial charge >= 0.3 is 0 Å². The van der Waals surface area contributed by atoms with Gasteiger partial charge in [-0.05, 0) is 56.6 Å². The number of fused-ring (bicyclic) bond motifs is 1. The number of thiocarbonyl (C=S) groups is 1. The van der Waals surface area contributed by atoms with E-state index in [9.17, 15) is 0 Å². The Labute approximate surface area is 132 Å². The molecule has 21 heavy (non-hydrogen) atoms. The van der Waals surface area contributed by atoms with Crippen LogP contribution < -0.4 is 10.6 Å². The number of aromatic nitrogens is 1. The summed E-state index contributed by atoms with van der Waals surface area (Å²) >= 11 is 5.30. The van der Waals surface area contributed by atoms with Gasteiger partial charge in [-0.2, -0.15) is 0 Å². The van der Waals surface area contributed by atoms with E-state index < -0.39 is 0 Å². The minimum atomic E-state index is 0.494. The van der Waals surface area contributed by atoms with Crippen LogP contribution in [0, 0.1) is 0 Å². The van der Waals surface area contributed by atoms with Gasteiger partial charge in [0.05, 0.1) is 5.56 Å². The second kappa shape index (κ2) is 6.30. The normalized spacial score (nSPS) is 21.4. The molecule has 4 heteroatoms. The highest BCUT2D eigenvalue weighted by Crippen LogP contribution is 2.32. The van der Waals surface area contributed by atoms with Crippen molar-refractivity contribution in [1.29, 1.82) is 0 Å². The van der Waals surface area contributed by atoms with Crippen LogP contribution in [-0.2, 0) is 12.8 Å². The van der Waals surface area contributed by atoms with Crippen molar-refractivity contribution in [2.45, 2.75) is 64.3 Å². The Hall–Kier alpha value is -1.16. The van der Waals surface area contributed by atoms with Crippen molar-refractivity contribution in [3.63, 3.8) is 0 Å². The lowest BCUT2D eigenvalue weighted by Crippen LogP contribution is -2.41. The van der Waals surface area contributed by atoms with E-state index in [0.717, 1.165) is 30.8 Å². The molecule has 1 aromatic heterocycles. The summed E-state index contributed by atoms with van der Waals surface area (Å²) < 4.78 is 0. The molecule has 1 aliphatic carbocycles. The predicted molar refractivity (Wildman–Crippen MR) is 92.0 cm³/mol. The largest absolute Gasteiger partial charge is 0.389 e. The summed E-state index contributed by atoms with van der Waals surface area (Å²) in [5.74, 6) is 1.06. The van der Waals surface area contributed by atoms with Gasteiger partial charge in [0.15, 0.2) is 0 Å². The van der Waals surface area contributed by atoms with Crippen molar-refractivity contribution in [2.24, 2.45) is 5.73 Å². The monoisotopic (exact) mass is 303 g/mol. The van der Waals surface area contributed by atoms with Crippen molar-refractivity contribution in [3.05, 3.63) is 22.9 Å². The fourth-order valence-corrected chi connectivity index (χ4v) is 3.92. The molecule has 2 heterocycles. The summed E-state index contributed by atoms with van der Waals surface area (Å²) in [5, 5.41) is 0. The Morgan fingerprint density at radius 1 is 1.38 bits per heavy atom. The SMILES string of the molecule is CCCC1CCCCN1c1nc2c(cc1C(N)=S)CCC2. The maximum Gasteiger partial charge on any atom is 0.139 e. The molecule has 1 fully saturated rings. The zero-order valence-corrected chi connectivity index (χ0v) is 13.7. The van der Waals surface area contributed by atoms with E-state index >= 15 is 0 Å². The van der Waals surface area contributed by atoms with E-state index in [2.05, 4.69) is 17.9 Å². The first-order valence-corrected chi connectivity index (χ1v) is 8.70. The second-order valence-electron chi connectivity index (χ2n) is 6.31. The molecule has 1 unspecified atom stereocenters. The van der Waals surface area contributed by atoms with Gasteiger partial charge in [0, 0.05) is 18.3 Å². The van der Waals surface area contributed by atoms with E-state index in [0.29, 0.717) is 11.0 Å². The minimum Gasteiger partial charge on any atom is -0.389 e. The van der Waals surface area contributed by atoms with Crippen molar-refractivity contribution in [2.75, 3.05) is 11.4 Å². The number of rotatable bonds is 4. The average molecular weight is 303 g/mol. The first kappa shape index (κ1) is 14.8. The van der Waals surface area contributed by atoms with Crippen LogP contribution in [0.25, 0.3) is 0 Å². The Morgan fingerprint density at radius 3 is 3.00 bits per heavy atom. The van der Waals surface area contributed by atoms with E-state index in [4.69, 9.17) is 22.9 Å². The molecule has 0 spiro atoms. The molecule has 0 saturated carbocycles. The van der Waals surface area contributed by atoms with Gasteiger partial charge in [0.25, 0.3) is 0 Å². The Kier molecular flexibility index (Phi) is 4.43. The van der Waals surface area contributed by atoms with Gasteiger partial charge in [-0.25, -0.2) is 4.98 Å². The predicted octanol–water partition coefficient (Wildman–Crippen LogP) is 3.36. The summed E-state index contributed by atoms with van der Waals surface area (Å²) in [5.41, 5.74) is 9.62. The van der Waals surface area contributed by atoms with Crippen LogP contribution in [-0.4, -0.2) is 22.6 Å². The summed E-state index contributed by atoms with van der Waals surface area (Å²) in [6, 6.07) is 2.81. The second-order valence-corrected chi connectivity index (χ2v) is 6.75. The van der Waals surface area contributed by atoms with Crippen molar-refractivity contribution in [3.8, 4) is 0 Å². The Bertz CT molecular complexity index is 539. The van der Waals surface area contributed by atoms with Crippen LogP contribution in [0.5, 0.6) is 0 Å². The fraction of sp³-hybridized carbons (Fsp3) is 0.647. The summed E-state index contributed by atoms with van der Waals surface area (Å²) in [6.07, 6.45) is 9.72. The van der Waals surface area contributed by atoms with E-state index in [1.54, 1.807) is 0 Å². The standard InChI is InChI=1S/C17H25N3S/c1-2-6-13-8-3-4-10-20(13)17-14(16(18)21)11-12-7-5-9-15(12)19-17/h11,13H,2-10H2,1H3,(H2,18,21). The quantitative estimate of drug-likeness (QED) is 0.866. The zero-order chi connectivity index (χ0) is 14.8. The van der Waals surface area contributed by atoms with Gasteiger partial charge in [-0.1, -0.05) is 25.6 Å². The minimum absolute atomic E-state index is 0.494. The molecule has 1 atom stereocenters. The highest BCUT2D eigenvalue weighted by atomic mass is 32.1. The van der Waals surface area contributed by atoms with Crippen LogP contribution in [0.15, 0.2) is 6.07 Å². The molecular formula is C17H25N3S.